The number of nitrogens with zero attached hydrogens (tertiary/aromatic N) is 1. The predicted octanol–water partition coefficient (Wildman–Crippen LogP) is 0.558. The summed E-state index contributed by atoms with van der Waals surface area (Å²) in [5.74, 6) is -0.709. The van der Waals surface area contributed by atoms with Crippen LogP contribution in [0.2, 0.25) is 0 Å². The first kappa shape index (κ1) is 16.5. The highest BCUT2D eigenvalue weighted by Crippen LogP contribution is 2.31. The van der Waals surface area contributed by atoms with E-state index < -0.39 is 11.8 Å². The van der Waals surface area contributed by atoms with E-state index in [1.807, 2.05) is 0 Å². The summed E-state index contributed by atoms with van der Waals surface area (Å²) in [6.07, 6.45) is 2.21. The van der Waals surface area contributed by atoms with Crippen LogP contribution in [0.25, 0.3) is 0 Å². The molecule has 118 valence electrons. The lowest BCUT2D eigenvalue weighted by Gasteiger charge is -2.15. The monoisotopic (exact) mass is 323 g/mol. The van der Waals surface area contributed by atoms with Gasteiger partial charge in [0, 0.05) is 12.6 Å². The Morgan fingerprint density at radius 2 is 1.77 bits per heavy atom. The predicted molar refractivity (Wildman–Crippen MR) is 82.8 cm³/mol. The lowest BCUT2D eigenvalue weighted by Crippen LogP contribution is -2.44. The number of amides is 3. The Labute approximate surface area is 134 Å². The quantitative estimate of drug-likeness (QED) is 0.774. The second kappa shape index (κ2) is 6.46. The molecular formula is C15H18ClN3O3. The number of fused-ring (bicyclic) bond motifs is 1. The molecule has 1 aliphatic carbocycles. The first-order valence-corrected chi connectivity index (χ1v) is 7.05. The minimum Gasteiger partial charge on any atom is -0.353 e. The molecule has 3 amide bonds. The molecule has 1 fully saturated rings. The van der Waals surface area contributed by atoms with Gasteiger partial charge in [0.2, 0.25) is 5.91 Å². The van der Waals surface area contributed by atoms with Crippen molar-refractivity contribution in [1.29, 1.82) is 0 Å². The molecule has 22 heavy (non-hydrogen) atoms. The SMILES string of the molecule is Cl.NC(CNC(=O)CN1C(=O)c2ccccc2C1=O)C1CC1. The number of benzene rings is 1. The van der Waals surface area contributed by atoms with Crippen molar-refractivity contribution in [3.05, 3.63) is 35.4 Å². The fourth-order valence-corrected chi connectivity index (χ4v) is 2.50. The van der Waals surface area contributed by atoms with Gasteiger partial charge >= 0.3 is 0 Å². The van der Waals surface area contributed by atoms with Gasteiger partial charge in [-0.05, 0) is 30.9 Å². The molecule has 1 atom stereocenters. The summed E-state index contributed by atoms with van der Waals surface area (Å²) in [6.45, 7) is 0.121. The highest BCUT2D eigenvalue weighted by Gasteiger charge is 2.36. The molecule has 7 heteroatoms. The Morgan fingerprint density at radius 1 is 1.23 bits per heavy atom. The molecule has 2 aliphatic rings. The Hall–Kier alpha value is -1.92. The molecule has 0 aromatic heterocycles. The van der Waals surface area contributed by atoms with Crippen molar-refractivity contribution >= 4 is 30.1 Å². The maximum Gasteiger partial charge on any atom is 0.262 e. The number of rotatable bonds is 5. The molecule has 1 aromatic rings. The summed E-state index contributed by atoms with van der Waals surface area (Å²) in [7, 11) is 0. The number of halogens is 1. The van der Waals surface area contributed by atoms with E-state index in [2.05, 4.69) is 5.32 Å². The molecule has 6 nitrogen and oxygen atoms in total. The number of nitrogens with one attached hydrogen (secondary N) is 1. The smallest absolute Gasteiger partial charge is 0.262 e. The molecule has 0 spiro atoms. The first-order chi connectivity index (χ1) is 10.1. The highest BCUT2D eigenvalue weighted by atomic mass is 35.5. The van der Waals surface area contributed by atoms with Crippen LogP contribution in [0.4, 0.5) is 0 Å². The van der Waals surface area contributed by atoms with Gasteiger partial charge in [-0.2, -0.15) is 0 Å². The largest absolute Gasteiger partial charge is 0.353 e. The highest BCUT2D eigenvalue weighted by molar-refractivity contribution is 6.22. The summed E-state index contributed by atoms with van der Waals surface area (Å²) >= 11 is 0. The van der Waals surface area contributed by atoms with Crippen molar-refractivity contribution in [3.63, 3.8) is 0 Å². The van der Waals surface area contributed by atoms with Crippen LogP contribution in [0.3, 0.4) is 0 Å². The van der Waals surface area contributed by atoms with E-state index in [1.54, 1.807) is 24.3 Å². The van der Waals surface area contributed by atoms with Crippen LogP contribution < -0.4 is 11.1 Å². The van der Waals surface area contributed by atoms with E-state index in [4.69, 9.17) is 5.73 Å². The number of nitrogens with two attached hydrogens (primary N) is 1. The fraction of sp³-hybridized carbons (Fsp3) is 0.400. The minimum absolute atomic E-state index is 0. The maximum absolute atomic E-state index is 12.1. The number of carbonyl (C=O) groups is 3. The van der Waals surface area contributed by atoms with Crippen molar-refractivity contribution < 1.29 is 14.4 Å². The molecule has 0 radical (unpaired) electrons. The third-order valence-electron chi connectivity index (χ3n) is 3.94. The van der Waals surface area contributed by atoms with E-state index >= 15 is 0 Å². The minimum atomic E-state index is -0.419. The van der Waals surface area contributed by atoms with Gasteiger partial charge in [0.05, 0.1) is 11.1 Å². The Balaban J connectivity index is 0.00000176. The van der Waals surface area contributed by atoms with E-state index in [0.717, 1.165) is 17.7 Å². The van der Waals surface area contributed by atoms with Gasteiger partial charge in [-0.1, -0.05) is 12.1 Å². The van der Waals surface area contributed by atoms with Gasteiger partial charge in [-0.25, -0.2) is 0 Å². The molecule has 3 N–H and O–H groups in total. The van der Waals surface area contributed by atoms with Crippen molar-refractivity contribution in [3.8, 4) is 0 Å². The zero-order valence-electron chi connectivity index (χ0n) is 12.0. The Bertz CT molecular complexity index is 581. The third-order valence-corrected chi connectivity index (χ3v) is 3.94. The van der Waals surface area contributed by atoms with E-state index in [-0.39, 0.29) is 30.9 Å². The number of carbonyl (C=O) groups excluding carboxylic acids is 3. The van der Waals surface area contributed by atoms with Gasteiger partial charge in [0.25, 0.3) is 11.8 Å². The van der Waals surface area contributed by atoms with Crippen molar-refractivity contribution in [2.75, 3.05) is 13.1 Å². The van der Waals surface area contributed by atoms with E-state index in [0.29, 0.717) is 23.6 Å². The van der Waals surface area contributed by atoms with Crippen LogP contribution in [-0.2, 0) is 4.79 Å². The average Bonchev–Trinajstić information content (AvgIpc) is 3.30. The summed E-state index contributed by atoms with van der Waals surface area (Å²) < 4.78 is 0. The molecule has 1 unspecified atom stereocenters. The Kier molecular flexibility index (Phi) is 4.83. The van der Waals surface area contributed by atoms with Gasteiger partial charge in [0.1, 0.15) is 6.54 Å². The van der Waals surface area contributed by atoms with Gasteiger partial charge < -0.3 is 11.1 Å². The molecule has 3 rings (SSSR count). The second-order valence-electron chi connectivity index (χ2n) is 5.55. The van der Waals surface area contributed by atoms with Crippen LogP contribution in [0.1, 0.15) is 33.6 Å². The Morgan fingerprint density at radius 3 is 2.27 bits per heavy atom. The van der Waals surface area contributed by atoms with Crippen LogP contribution in [0, 0.1) is 5.92 Å². The van der Waals surface area contributed by atoms with Crippen molar-refractivity contribution in [1.82, 2.24) is 10.2 Å². The topological polar surface area (TPSA) is 92.5 Å². The number of imide groups is 1. The zero-order valence-corrected chi connectivity index (χ0v) is 12.8. The lowest BCUT2D eigenvalue weighted by atomic mass is 10.1. The molecule has 1 saturated carbocycles. The normalized spacial score (nSPS) is 17.8. The molecule has 1 aliphatic heterocycles. The second-order valence-corrected chi connectivity index (χ2v) is 5.55. The van der Waals surface area contributed by atoms with Crippen molar-refractivity contribution in [2.24, 2.45) is 11.7 Å². The summed E-state index contributed by atoms with van der Waals surface area (Å²) in [6, 6.07) is 6.54. The lowest BCUT2D eigenvalue weighted by molar-refractivity contribution is -0.121. The van der Waals surface area contributed by atoms with Gasteiger partial charge in [-0.15, -0.1) is 12.4 Å². The summed E-state index contributed by atoms with van der Waals surface area (Å²) in [4.78, 5) is 37.0. The fourth-order valence-electron chi connectivity index (χ4n) is 2.50. The van der Waals surface area contributed by atoms with Gasteiger partial charge in [0.15, 0.2) is 0 Å². The van der Waals surface area contributed by atoms with E-state index in [9.17, 15) is 14.4 Å². The van der Waals surface area contributed by atoms with Crippen LogP contribution in [-0.4, -0.2) is 41.8 Å². The van der Waals surface area contributed by atoms with Crippen LogP contribution in [0.15, 0.2) is 24.3 Å². The molecule has 0 saturated heterocycles. The maximum atomic E-state index is 12.1. The van der Waals surface area contributed by atoms with Crippen LogP contribution >= 0.6 is 12.4 Å². The van der Waals surface area contributed by atoms with Crippen LogP contribution in [0.5, 0.6) is 0 Å². The standard InChI is InChI=1S/C15H17N3O3.ClH/c16-12(9-5-6-9)7-17-13(19)8-18-14(20)10-3-1-2-4-11(10)15(18)21;/h1-4,9,12H,5-8,16H2,(H,17,19);1H. The summed E-state index contributed by atoms with van der Waals surface area (Å²) in [5.41, 5.74) is 6.60. The van der Waals surface area contributed by atoms with E-state index in [1.165, 1.54) is 0 Å². The number of hydrogen-bond donors (Lipinski definition) is 2. The molecular weight excluding hydrogens is 306 g/mol. The first-order valence-electron chi connectivity index (χ1n) is 7.05. The number of hydrogen-bond acceptors (Lipinski definition) is 4. The molecule has 1 heterocycles. The molecule has 0 bridgehead atoms. The van der Waals surface area contributed by atoms with Crippen molar-refractivity contribution in [2.45, 2.75) is 18.9 Å². The third kappa shape index (κ3) is 3.13. The average molecular weight is 324 g/mol. The zero-order chi connectivity index (χ0) is 15.0. The molecule has 1 aromatic carbocycles. The summed E-state index contributed by atoms with van der Waals surface area (Å²) in [5, 5.41) is 2.69. The van der Waals surface area contributed by atoms with Gasteiger partial charge in [-0.3, -0.25) is 19.3 Å².